The van der Waals surface area contributed by atoms with Crippen molar-refractivity contribution in [3.8, 4) is 11.5 Å². The van der Waals surface area contributed by atoms with E-state index < -0.39 is 6.03 Å². The molecule has 0 spiro atoms. The number of amides is 2. The topological polar surface area (TPSA) is 149 Å². The van der Waals surface area contributed by atoms with Crippen LogP contribution >= 0.6 is 0 Å². The zero-order valence-corrected chi connectivity index (χ0v) is 21.8. The van der Waals surface area contributed by atoms with Gasteiger partial charge in [-0.3, -0.25) is 4.98 Å². The lowest BCUT2D eigenvalue weighted by molar-refractivity contribution is -0.111. The van der Waals surface area contributed by atoms with Crippen molar-refractivity contribution in [2.24, 2.45) is 0 Å². The van der Waals surface area contributed by atoms with Gasteiger partial charge in [0.2, 0.25) is 11.7 Å². The van der Waals surface area contributed by atoms with Gasteiger partial charge in [0.1, 0.15) is 18.6 Å². The smallest absolute Gasteiger partial charge is 0.323 e. The highest BCUT2D eigenvalue weighted by Crippen LogP contribution is 2.37. The fourth-order valence-electron chi connectivity index (χ4n) is 4.48. The molecule has 0 saturated heterocycles. The van der Waals surface area contributed by atoms with Gasteiger partial charge in [-0.05, 0) is 31.4 Å². The molecular formula is C26H32N8O4. The molecule has 200 valence electrons. The molecule has 4 heterocycles. The van der Waals surface area contributed by atoms with Crippen LogP contribution < -0.4 is 10.6 Å². The summed E-state index contributed by atoms with van der Waals surface area (Å²) in [5.41, 5.74) is 4.22. The molecular weight excluding hydrogens is 488 g/mol. The summed E-state index contributed by atoms with van der Waals surface area (Å²) in [6.45, 7) is 6.18. The molecule has 1 saturated carbocycles. The number of aromatic nitrogens is 6. The second-order valence-corrected chi connectivity index (χ2v) is 8.61. The van der Waals surface area contributed by atoms with Crippen molar-refractivity contribution in [2.75, 3.05) is 23.8 Å². The molecule has 2 N–H and O–H groups in total. The van der Waals surface area contributed by atoms with E-state index >= 15 is 0 Å². The lowest BCUT2D eigenvalue weighted by Gasteiger charge is -2.17. The van der Waals surface area contributed by atoms with E-state index in [1.807, 2.05) is 31.4 Å². The number of hydrogen-bond donors (Lipinski definition) is 2. The fraction of sp³-hybridized carbons (Fsp3) is 0.423. The first-order valence-corrected chi connectivity index (χ1v) is 12.8. The Hall–Kier alpha value is -4.19. The van der Waals surface area contributed by atoms with Gasteiger partial charge in [0.25, 0.3) is 0 Å². The molecule has 0 unspecified atom stereocenters. The van der Waals surface area contributed by atoms with Crippen LogP contribution in [0.15, 0.2) is 35.2 Å². The van der Waals surface area contributed by atoms with E-state index in [1.165, 1.54) is 6.20 Å². The summed E-state index contributed by atoms with van der Waals surface area (Å²) < 4.78 is 12.2. The normalized spacial score (nSPS) is 13.2. The molecule has 12 heteroatoms. The number of nitrogens with one attached hydrogen (secondary N) is 2. The van der Waals surface area contributed by atoms with Gasteiger partial charge in [0.15, 0.2) is 5.65 Å². The molecule has 4 aromatic rings. The molecule has 1 fully saturated rings. The first-order valence-electron chi connectivity index (χ1n) is 12.8. The van der Waals surface area contributed by atoms with E-state index in [0.717, 1.165) is 42.6 Å². The Balaban J connectivity index is 0.00000164. The number of aldehydes is 1. The molecule has 12 nitrogen and oxygen atoms in total. The van der Waals surface area contributed by atoms with Crippen molar-refractivity contribution in [2.45, 2.75) is 58.8 Å². The van der Waals surface area contributed by atoms with E-state index in [1.54, 1.807) is 18.5 Å². The maximum absolute atomic E-state index is 12.9. The van der Waals surface area contributed by atoms with Crippen molar-refractivity contribution in [3.05, 3.63) is 47.9 Å². The van der Waals surface area contributed by atoms with Crippen molar-refractivity contribution in [1.82, 2.24) is 29.7 Å². The van der Waals surface area contributed by atoms with Crippen LogP contribution in [0.1, 0.15) is 62.6 Å². The summed E-state index contributed by atoms with van der Waals surface area (Å²) in [6, 6.07) is 3.25. The summed E-state index contributed by atoms with van der Waals surface area (Å²) in [5.74, 6) is 1.05. The van der Waals surface area contributed by atoms with Gasteiger partial charge >= 0.3 is 6.03 Å². The first kappa shape index (κ1) is 26.9. The minimum absolute atomic E-state index is 0.0277. The van der Waals surface area contributed by atoms with Crippen molar-refractivity contribution < 1.29 is 18.8 Å². The number of pyridine rings is 1. The van der Waals surface area contributed by atoms with Crippen LogP contribution in [0.5, 0.6) is 0 Å². The maximum atomic E-state index is 12.9. The third kappa shape index (κ3) is 6.20. The molecule has 38 heavy (non-hydrogen) atoms. The summed E-state index contributed by atoms with van der Waals surface area (Å²) in [5, 5.41) is 14.2. The summed E-state index contributed by atoms with van der Waals surface area (Å²) in [7, 11) is 0. The third-order valence-corrected chi connectivity index (χ3v) is 6.11. The summed E-state index contributed by atoms with van der Waals surface area (Å²) >= 11 is 0. The average molecular weight is 521 g/mol. The quantitative estimate of drug-likeness (QED) is 0.239. The summed E-state index contributed by atoms with van der Waals surface area (Å²) in [6.07, 6.45) is 10.5. The molecule has 0 aliphatic heterocycles. The van der Waals surface area contributed by atoms with Gasteiger partial charge in [0, 0.05) is 12.0 Å². The van der Waals surface area contributed by atoms with Crippen LogP contribution in [0.3, 0.4) is 0 Å². The standard InChI is InChI=1S/C24H26N8O4.C2H6/c1-15-12-17(13-26-21(15)23-30-20(36-31-23)7-10-35-11-9-33)28-24(34)29-18-14-25-19-6-8-27-32(19)22(18)16-4-2-3-5-16;1-2/h6,8-9,12-14,16H,2-5,7,10-11H2,1H3,(H2,28,29,34);1-2H3. The second kappa shape index (κ2) is 12.9. The van der Waals surface area contributed by atoms with E-state index in [0.29, 0.717) is 54.0 Å². The van der Waals surface area contributed by atoms with E-state index in [-0.39, 0.29) is 6.61 Å². The van der Waals surface area contributed by atoms with Crippen LogP contribution in [0, 0.1) is 6.92 Å². The molecule has 1 aliphatic carbocycles. The number of urea groups is 1. The number of carbonyl (C=O) groups is 2. The predicted molar refractivity (Wildman–Crippen MR) is 141 cm³/mol. The van der Waals surface area contributed by atoms with Gasteiger partial charge in [-0.1, -0.05) is 31.8 Å². The van der Waals surface area contributed by atoms with Gasteiger partial charge in [-0.15, -0.1) is 0 Å². The van der Waals surface area contributed by atoms with Crippen LogP contribution in [-0.2, 0) is 16.0 Å². The monoisotopic (exact) mass is 520 g/mol. The molecule has 0 bridgehead atoms. The molecule has 5 rings (SSSR count). The number of aryl methyl sites for hydroxylation is 1. The highest BCUT2D eigenvalue weighted by Gasteiger charge is 2.24. The Kier molecular flexibility index (Phi) is 9.09. The highest BCUT2D eigenvalue weighted by atomic mass is 16.5. The van der Waals surface area contributed by atoms with Crippen molar-refractivity contribution >= 4 is 29.3 Å². The number of ether oxygens (including phenoxy) is 1. The number of nitrogens with zero attached hydrogens (tertiary/aromatic N) is 6. The Morgan fingerprint density at radius 1 is 1.21 bits per heavy atom. The zero-order chi connectivity index (χ0) is 26.9. The predicted octanol–water partition coefficient (Wildman–Crippen LogP) is 4.57. The Morgan fingerprint density at radius 3 is 2.79 bits per heavy atom. The molecule has 2 amide bonds. The Morgan fingerprint density at radius 2 is 2.03 bits per heavy atom. The number of anilines is 2. The minimum Gasteiger partial charge on any atom is -0.373 e. The van der Waals surface area contributed by atoms with Crippen LogP contribution in [0.4, 0.5) is 16.2 Å². The Labute approximate surface area is 220 Å². The van der Waals surface area contributed by atoms with E-state index in [2.05, 4.69) is 35.8 Å². The molecule has 0 aromatic carbocycles. The van der Waals surface area contributed by atoms with E-state index in [4.69, 9.17) is 9.26 Å². The summed E-state index contributed by atoms with van der Waals surface area (Å²) in [4.78, 5) is 36.3. The lowest BCUT2D eigenvalue weighted by Crippen LogP contribution is -2.22. The SMILES string of the molecule is CC.Cc1cc(NC(=O)Nc2cnc3ccnn3c2C2CCCC2)cnc1-c1noc(CCOCC=O)n1. The third-order valence-electron chi connectivity index (χ3n) is 6.11. The number of fused-ring (bicyclic) bond motifs is 1. The molecule has 4 aromatic heterocycles. The lowest BCUT2D eigenvalue weighted by atomic mass is 10.0. The van der Waals surface area contributed by atoms with E-state index in [9.17, 15) is 9.59 Å². The fourth-order valence-corrected chi connectivity index (χ4v) is 4.48. The van der Waals surface area contributed by atoms with Crippen LogP contribution in [-0.4, -0.2) is 55.3 Å². The Bertz CT molecular complexity index is 1380. The zero-order valence-electron chi connectivity index (χ0n) is 21.8. The van der Waals surface area contributed by atoms with Crippen LogP contribution in [0.2, 0.25) is 0 Å². The average Bonchev–Trinajstić information content (AvgIpc) is 3.70. The molecule has 1 aliphatic rings. The number of rotatable bonds is 9. The van der Waals surface area contributed by atoms with Crippen molar-refractivity contribution in [3.63, 3.8) is 0 Å². The largest absolute Gasteiger partial charge is 0.373 e. The minimum atomic E-state index is -0.395. The number of hydrogen-bond acceptors (Lipinski definition) is 9. The highest BCUT2D eigenvalue weighted by molar-refractivity contribution is 6.00. The van der Waals surface area contributed by atoms with Crippen molar-refractivity contribution in [1.29, 1.82) is 0 Å². The second-order valence-electron chi connectivity index (χ2n) is 8.61. The molecule has 0 atom stereocenters. The number of carbonyl (C=O) groups excluding carboxylic acids is 2. The van der Waals surface area contributed by atoms with Gasteiger partial charge in [0.05, 0.1) is 48.7 Å². The maximum Gasteiger partial charge on any atom is 0.323 e. The van der Waals surface area contributed by atoms with Gasteiger partial charge in [-0.2, -0.15) is 10.1 Å². The molecule has 0 radical (unpaired) electrons. The van der Waals surface area contributed by atoms with Crippen LogP contribution in [0.25, 0.3) is 17.2 Å². The first-order chi connectivity index (χ1) is 18.6. The van der Waals surface area contributed by atoms with Gasteiger partial charge in [-0.25, -0.2) is 14.3 Å². The van der Waals surface area contributed by atoms with Gasteiger partial charge < -0.3 is 24.7 Å².